The van der Waals surface area contributed by atoms with Crippen LogP contribution in [0.5, 0.6) is 0 Å². The van der Waals surface area contributed by atoms with Crippen molar-refractivity contribution in [1.82, 2.24) is 35.0 Å². The molecule has 9 nitrogen and oxygen atoms in total. The summed E-state index contributed by atoms with van der Waals surface area (Å²) in [7, 11) is 0. The SMILES string of the molecule is Cc1noc(C)c1-c1cc(C(=O)NC(C)c2nnc[nH]2)cn2c(-c3ccc(Cl)s3)cnc12. The van der Waals surface area contributed by atoms with Gasteiger partial charge in [0.05, 0.1) is 44.0 Å². The van der Waals surface area contributed by atoms with E-state index in [2.05, 4.69) is 30.6 Å². The molecule has 0 spiro atoms. The minimum absolute atomic E-state index is 0.257. The Kier molecular flexibility index (Phi) is 5.03. The Hall–Kier alpha value is -3.50. The summed E-state index contributed by atoms with van der Waals surface area (Å²) in [4.78, 5) is 21.7. The Morgan fingerprint density at radius 1 is 1.34 bits per heavy atom. The molecule has 5 aromatic rings. The van der Waals surface area contributed by atoms with Gasteiger partial charge in [-0.05, 0) is 39.0 Å². The minimum atomic E-state index is -0.346. The molecule has 5 rings (SSSR count). The average Bonchev–Trinajstić information content (AvgIpc) is 3.55. The number of nitrogens with zero attached hydrogens (tertiary/aromatic N) is 5. The molecule has 0 radical (unpaired) electrons. The molecule has 11 heteroatoms. The van der Waals surface area contributed by atoms with Gasteiger partial charge in [0, 0.05) is 11.8 Å². The second-order valence-electron chi connectivity index (χ2n) is 7.35. The number of imidazole rings is 1. The van der Waals surface area contributed by atoms with E-state index in [0.717, 1.165) is 27.4 Å². The molecular weight excluding hydrogens is 450 g/mol. The zero-order chi connectivity index (χ0) is 22.4. The number of halogens is 1. The summed E-state index contributed by atoms with van der Waals surface area (Å²) in [6.45, 7) is 5.54. The van der Waals surface area contributed by atoms with Crippen molar-refractivity contribution in [3.63, 3.8) is 0 Å². The van der Waals surface area contributed by atoms with Gasteiger partial charge in [0.1, 0.15) is 17.7 Å². The maximum Gasteiger partial charge on any atom is 0.253 e. The number of aromatic nitrogens is 6. The fraction of sp³-hybridized carbons (Fsp3) is 0.190. The molecule has 32 heavy (non-hydrogen) atoms. The van der Waals surface area contributed by atoms with Gasteiger partial charge < -0.3 is 14.8 Å². The van der Waals surface area contributed by atoms with E-state index in [-0.39, 0.29) is 11.9 Å². The van der Waals surface area contributed by atoms with Gasteiger partial charge in [-0.2, -0.15) is 0 Å². The molecule has 1 unspecified atom stereocenters. The van der Waals surface area contributed by atoms with Crippen LogP contribution in [-0.2, 0) is 0 Å². The summed E-state index contributed by atoms with van der Waals surface area (Å²) >= 11 is 7.61. The fourth-order valence-corrected chi connectivity index (χ4v) is 4.72. The zero-order valence-electron chi connectivity index (χ0n) is 17.4. The standard InChI is InChI=1S/C21H18ClN7O2S/c1-10-18(12(3)31-28-10)14-6-13(21(30)26-11(2)19-24-9-25-27-19)8-29-15(7-23-20(14)29)16-4-5-17(22)32-16/h4-9,11H,1-3H3,(H,26,30)(H,24,25,27). The van der Waals surface area contributed by atoms with Gasteiger partial charge in [-0.25, -0.2) is 4.98 Å². The van der Waals surface area contributed by atoms with Crippen LogP contribution in [0.3, 0.4) is 0 Å². The largest absolute Gasteiger partial charge is 0.361 e. The zero-order valence-corrected chi connectivity index (χ0v) is 19.0. The monoisotopic (exact) mass is 467 g/mol. The van der Waals surface area contributed by atoms with E-state index in [1.165, 1.54) is 17.7 Å². The lowest BCUT2D eigenvalue weighted by Crippen LogP contribution is -2.27. The molecule has 0 aliphatic carbocycles. The fourth-order valence-electron chi connectivity index (χ4n) is 3.67. The molecule has 0 aromatic carbocycles. The third kappa shape index (κ3) is 3.47. The summed E-state index contributed by atoms with van der Waals surface area (Å²) < 4.78 is 7.96. The first-order valence-corrected chi connectivity index (χ1v) is 11.0. The van der Waals surface area contributed by atoms with Gasteiger partial charge in [0.15, 0.2) is 5.82 Å². The molecule has 1 atom stereocenters. The van der Waals surface area contributed by atoms with Crippen LogP contribution in [0.15, 0.2) is 41.4 Å². The van der Waals surface area contributed by atoms with E-state index in [1.807, 2.05) is 43.4 Å². The third-order valence-corrected chi connectivity index (χ3v) is 6.44. The number of fused-ring (bicyclic) bond motifs is 1. The molecule has 162 valence electrons. The van der Waals surface area contributed by atoms with Gasteiger partial charge in [0.25, 0.3) is 5.91 Å². The van der Waals surface area contributed by atoms with Crippen molar-refractivity contribution in [2.24, 2.45) is 0 Å². The van der Waals surface area contributed by atoms with Crippen LogP contribution in [-0.4, -0.2) is 35.6 Å². The lowest BCUT2D eigenvalue weighted by molar-refractivity contribution is 0.0938. The summed E-state index contributed by atoms with van der Waals surface area (Å²) in [6.07, 6.45) is 5.02. The molecular formula is C21H18ClN7O2S. The summed E-state index contributed by atoms with van der Waals surface area (Å²) in [5, 5.41) is 14.8. The molecule has 0 aliphatic rings. The van der Waals surface area contributed by atoms with Crippen molar-refractivity contribution in [3.05, 3.63) is 64.1 Å². The minimum Gasteiger partial charge on any atom is -0.361 e. The normalized spacial score (nSPS) is 12.4. The number of H-pyrrole nitrogens is 1. The van der Waals surface area contributed by atoms with Gasteiger partial charge in [0.2, 0.25) is 0 Å². The predicted octanol–water partition coefficient (Wildman–Crippen LogP) is 4.60. The van der Waals surface area contributed by atoms with E-state index in [1.54, 1.807) is 12.4 Å². The Balaban J connectivity index is 1.66. The van der Waals surface area contributed by atoms with Gasteiger partial charge in [-0.1, -0.05) is 16.8 Å². The second-order valence-corrected chi connectivity index (χ2v) is 9.07. The van der Waals surface area contributed by atoms with Crippen LogP contribution in [0, 0.1) is 13.8 Å². The summed E-state index contributed by atoms with van der Waals surface area (Å²) in [5.74, 6) is 0.968. The average molecular weight is 468 g/mol. The number of hydrogen-bond acceptors (Lipinski definition) is 7. The highest BCUT2D eigenvalue weighted by Crippen LogP contribution is 2.36. The quantitative estimate of drug-likeness (QED) is 0.390. The topological polar surface area (TPSA) is 114 Å². The van der Waals surface area contributed by atoms with Gasteiger partial charge >= 0.3 is 0 Å². The number of nitrogens with one attached hydrogen (secondary N) is 2. The molecule has 0 fully saturated rings. The predicted molar refractivity (Wildman–Crippen MR) is 121 cm³/mol. The molecule has 0 saturated carbocycles. The summed E-state index contributed by atoms with van der Waals surface area (Å²) in [5.41, 5.74) is 4.28. The number of aryl methyl sites for hydroxylation is 2. The number of pyridine rings is 1. The highest BCUT2D eigenvalue weighted by Gasteiger charge is 2.22. The first-order chi connectivity index (χ1) is 15.4. The molecule has 0 aliphatic heterocycles. The summed E-state index contributed by atoms with van der Waals surface area (Å²) in [6, 6.07) is 5.24. The number of thiophene rings is 1. The highest BCUT2D eigenvalue weighted by atomic mass is 35.5. The van der Waals surface area contributed by atoms with Gasteiger partial charge in [-0.3, -0.25) is 9.20 Å². The molecule has 1 amide bonds. The second kappa shape index (κ2) is 7.88. The van der Waals surface area contributed by atoms with Crippen LogP contribution in [0.2, 0.25) is 4.34 Å². The van der Waals surface area contributed by atoms with Crippen LogP contribution in [0.4, 0.5) is 0 Å². The Morgan fingerprint density at radius 2 is 2.19 bits per heavy atom. The van der Waals surface area contributed by atoms with Crippen molar-refractivity contribution >= 4 is 34.5 Å². The lowest BCUT2D eigenvalue weighted by atomic mass is 10.0. The number of hydrogen-bond donors (Lipinski definition) is 2. The third-order valence-electron chi connectivity index (χ3n) is 5.19. The lowest BCUT2D eigenvalue weighted by Gasteiger charge is -2.13. The highest BCUT2D eigenvalue weighted by molar-refractivity contribution is 7.19. The van der Waals surface area contributed by atoms with Gasteiger partial charge in [-0.15, -0.1) is 21.5 Å². The number of aromatic amines is 1. The Morgan fingerprint density at radius 3 is 2.84 bits per heavy atom. The van der Waals surface area contributed by atoms with Crippen LogP contribution >= 0.6 is 22.9 Å². The van der Waals surface area contributed by atoms with E-state index < -0.39 is 0 Å². The van der Waals surface area contributed by atoms with Crippen molar-refractivity contribution in [2.75, 3.05) is 0 Å². The number of rotatable bonds is 5. The number of amides is 1. The number of carbonyl (C=O) groups excluding carboxylic acids is 1. The molecule has 5 aromatic heterocycles. The van der Waals surface area contributed by atoms with E-state index in [4.69, 9.17) is 16.1 Å². The van der Waals surface area contributed by atoms with Crippen molar-refractivity contribution in [3.8, 4) is 21.7 Å². The van der Waals surface area contributed by atoms with Crippen molar-refractivity contribution in [1.29, 1.82) is 0 Å². The molecule has 0 saturated heterocycles. The van der Waals surface area contributed by atoms with Crippen LogP contribution in [0.25, 0.3) is 27.3 Å². The number of carbonyl (C=O) groups is 1. The molecule has 5 heterocycles. The Labute approximate surface area is 191 Å². The Bertz CT molecular complexity index is 1410. The van der Waals surface area contributed by atoms with Crippen molar-refractivity contribution in [2.45, 2.75) is 26.8 Å². The van der Waals surface area contributed by atoms with E-state index in [9.17, 15) is 4.79 Å². The van der Waals surface area contributed by atoms with Crippen LogP contribution in [0.1, 0.15) is 40.6 Å². The first kappa shape index (κ1) is 20.4. The van der Waals surface area contributed by atoms with E-state index in [0.29, 0.717) is 27.1 Å². The maximum absolute atomic E-state index is 13.2. The first-order valence-electron chi connectivity index (χ1n) is 9.79. The van der Waals surface area contributed by atoms with Crippen LogP contribution < -0.4 is 5.32 Å². The smallest absolute Gasteiger partial charge is 0.253 e. The molecule has 0 bridgehead atoms. The maximum atomic E-state index is 13.2. The molecule has 2 N–H and O–H groups in total. The van der Waals surface area contributed by atoms with Crippen molar-refractivity contribution < 1.29 is 9.32 Å². The van der Waals surface area contributed by atoms with E-state index >= 15 is 0 Å².